The molecule has 1 saturated heterocycles. The standard InChI is InChI=1S/C12H26N2O/c1-10(2)13-6-7-14(11(3)4)12(9-13)5-8-15/h10-12,15H,5-9H2,1-4H3. The summed E-state index contributed by atoms with van der Waals surface area (Å²) in [7, 11) is 0. The zero-order valence-corrected chi connectivity index (χ0v) is 10.6. The predicted octanol–water partition coefficient (Wildman–Crippen LogP) is 1.17. The molecule has 1 rings (SSSR count). The molecule has 0 aromatic carbocycles. The van der Waals surface area contributed by atoms with Crippen LogP contribution in [0.5, 0.6) is 0 Å². The van der Waals surface area contributed by atoms with Gasteiger partial charge in [-0.05, 0) is 34.1 Å². The number of hydrogen-bond donors (Lipinski definition) is 1. The van der Waals surface area contributed by atoms with Gasteiger partial charge in [-0.15, -0.1) is 0 Å². The first-order valence-electron chi connectivity index (χ1n) is 6.17. The summed E-state index contributed by atoms with van der Waals surface area (Å²) >= 11 is 0. The molecule has 0 aromatic heterocycles. The van der Waals surface area contributed by atoms with Crippen LogP contribution < -0.4 is 0 Å². The maximum absolute atomic E-state index is 9.10. The van der Waals surface area contributed by atoms with Crippen LogP contribution in [0, 0.1) is 0 Å². The second kappa shape index (κ2) is 5.83. The first-order valence-corrected chi connectivity index (χ1v) is 6.17. The van der Waals surface area contributed by atoms with Gasteiger partial charge < -0.3 is 5.11 Å². The van der Waals surface area contributed by atoms with Crippen LogP contribution >= 0.6 is 0 Å². The molecule has 1 fully saturated rings. The summed E-state index contributed by atoms with van der Waals surface area (Å²) in [6.45, 7) is 12.7. The topological polar surface area (TPSA) is 26.7 Å². The fraction of sp³-hybridized carbons (Fsp3) is 1.00. The van der Waals surface area contributed by atoms with Crippen LogP contribution in [-0.2, 0) is 0 Å². The molecule has 0 aromatic rings. The van der Waals surface area contributed by atoms with E-state index < -0.39 is 0 Å². The molecule has 1 N–H and O–H groups in total. The molecule has 90 valence electrons. The molecule has 3 heteroatoms. The third kappa shape index (κ3) is 3.44. The van der Waals surface area contributed by atoms with E-state index >= 15 is 0 Å². The van der Waals surface area contributed by atoms with Crippen molar-refractivity contribution in [2.45, 2.75) is 52.2 Å². The van der Waals surface area contributed by atoms with Crippen LogP contribution in [0.1, 0.15) is 34.1 Å². The smallest absolute Gasteiger partial charge is 0.0446 e. The van der Waals surface area contributed by atoms with E-state index in [4.69, 9.17) is 5.11 Å². The van der Waals surface area contributed by atoms with E-state index in [-0.39, 0.29) is 0 Å². The Bertz CT molecular complexity index is 182. The largest absolute Gasteiger partial charge is 0.396 e. The van der Waals surface area contributed by atoms with Crippen molar-refractivity contribution in [2.24, 2.45) is 0 Å². The van der Waals surface area contributed by atoms with Crippen LogP contribution in [0.25, 0.3) is 0 Å². The van der Waals surface area contributed by atoms with E-state index in [1.54, 1.807) is 0 Å². The Morgan fingerprint density at radius 1 is 1.13 bits per heavy atom. The summed E-state index contributed by atoms with van der Waals surface area (Å²) in [4.78, 5) is 5.04. The van der Waals surface area contributed by atoms with Crippen LogP contribution in [0.2, 0.25) is 0 Å². The highest BCUT2D eigenvalue weighted by Crippen LogP contribution is 2.17. The fourth-order valence-electron chi connectivity index (χ4n) is 2.45. The van der Waals surface area contributed by atoms with Gasteiger partial charge in [0.05, 0.1) is 0 Å². The lowest BCUT2D eigenvalue weighted by molar-refractivity contribution is 0.0251. The number of aliphatic hydroxyl groups excluding tert-OH is 1. The molecule has 1 aliphatic rings. The lowest BCUT2D eigenvalue weighted by atomic mass is 10.1. The zero-order valence-electron chi connectivity index (χ0n) is 10.6. The highest BCUT2D eigenvalue weighted by atomic mass is 16.3. The first-order chi connectivity index (χ1) is 7.06. The summed E-state index contributed by atoms with van der Waals surface area (Å²) in [6.07, 6.45) is 0.904. The minimum absolute atomic E-state index is 0.305. The molecule has 1 aliphatic heterocycles. The molecule has 3 nitrogen and oxygen atoms in total. The normalized spacial score (nSPS) is 25.4. The van der Waals surface area contributed by atoms with E-state index in [9.17, 15) is 0 Å². The summed E-state index contributed by atoms with van der Waals surface area (Å²) in [5.74, 6) is 0. The molecule has 1 heterocycles. The highest BCUT2D eigenvalue weighted by Gasteiger charge is 2.28. The van der Waals surface area contributed by atoms with Gasteiger partial charge in [-0.25, -0.2) is 0 Å². The molecule has 1 atom stereocenters. The maximum atomic E-state index is 9.10. The minimum Gasteiger partial charge on any atom is -0.396 e. The summed E-state index contributed by atoms with van der Waals surface area (Å²) in [5, 5.41) is 9.10. The first kappa shape index (κ1) is 12.9. The second-order valence-corrected chi connectivity index (χ2v) is 5.09. The molecule has 1 unspecified atom stereocenters. The average molecular weight is 214 g/mol. The molecular formula is C12H26N2O. The van der Waals surface area contributed by atoms with Crippen LogP contribution in [0.4, 0.5) is 0 Å². The average Bonchev–Trinajstić information content (AvgIpc) is 2.17. The number of nitrogens with zero attached hydrogens (tertiary/aromatic N) is 2. The second-order valence-electron chi connectivity index (χ2n) is 5.09. The summed E-state index contributed by atoms with van der Waals surface area (Å²) < 4.78 is 0. The lowest BCUT2D eigenvalue weighted by Crippen LogP contribution is -2.57. The molecule has 0 spiro atoms. The monoisotopic (exact) mass is 214 g/mol. The van der Waals surface area contributed by atoms with Crippen molar-refractivity contribution < 1.29 is 5.11 Å². The van der Waals surface area contributed by atoms with E-state index in [2.05, 4.69) is 37.5 Å². The summed E-state index contributed by atoms with van der Waals surface area (Å²) in [6, 6.07) is 1.75. The fourth-order valence-corrected chi connectivity index (χ4v) is 2.45. The molecule has 0 aliphatic carbocycles. The van der Waals surface area contributed by atoms with Crippen molar-refractivity contribution in [3.63, 3.8) is 0 Å². The van der Waals surface area contributed by atoms with Crippen molar-refractivity contribution in [2.75, 3.05) is 26.2 Å². The molecular weight excluding hydrogens is 188 g/mol. The quantitative estimate of drug-likeness (QED) is 0.761. The summed E-state index contributed by atoms with van der Waals surface area (Å²) in [5.41, 5.74) is 0. The van der Waals surface area contributed by atoms with Crippen LogP contribution in [-0.4, -0.2) is 59.3 Å². The van der Waals surface area contributed by atoms with Crippen molar-refractivity contribution in [3.05, 3.63) is 0 Å². The third-order valence-corrected chi connectivity index (χ3v) is 3.42. The van der Waals surface area contributed by atoms with Gasteiger partial charge in [0, 0.05) is 44.4 Å². The van der Waals surface area contributed by atoms with Gasteiger partial charge >= 0.3 is 0 Å². The predicted molar refractivity (Wildman–Crippen MR) is 64.0 cm³/mol. The molecule has 0 bridgehead atoms. The SMILES string of the molecule is CC(C)N1CCN(C(C)C)C(CCO)C1. The number of piperazine rings is 1. The number of hydrogen-bond acceptors (Lipinski definition) is 3. The van der Waals surface area contributed by atoms with Gasteiger partial charge in [-0.2, -0.15) is 0 Å². The minimum atomic E-state index is 0.305. The van der Waals surface area contributed by atoms with E-state index in [0.717, 1.165) is 26.1 Å². The Morgan fingerprint density at radius 3 is 2.27 bits per heavy atom. The van der Waals surface area contributed by atoms with Crippen molar-refractivity contribution in [1.29, 1.82) is 0 Å². The van der Waals surface area contributed by atoms with Crippen LogP contribution in [0.15, 0.2) is 0 Å². The van der Waals surface area contributed by atoms with Gasteiger partial charge in [-0.1, -0.05) is 0 Å². The third-order valence-electron chi connectivity index (χ3n) is 3.42. The van der Waals surface area contributed by atoms with Gasteiger partial charge in [0.2, 0.25) is 0 Å². The molecule has 0 saturated carbocycles. The number of aliphatic hydroxyl groups is 1. The molecule has 0 radical (unpaired) electrons. The van der Waals surface area contributed by atoms with Crippen molar-refractivity contribution >= 4 is 0 Å². The van der Waals surface area contributed by atoms with Gasteiger partial charge in [0.15, 0.2) is 0 Å². The van der Waals surface area contributed by atoms with Crippen LogP contribution in [0.3, 0.4) is 0 Å². The van der Waals surface area contributed by atoms with Gasteiger partial charge in [0.25, 0.3) is 0 Å². The van der Waals surface area contributed by atoms with Gasteiger partial charge in [0.1, 0.15) is 0 Å². The van der Waals surface area contributed by atoms with E-state index in [0.29, 0.717) is 24.7 Å². The van der Waals surface area contributed by atoms with E-state index in [1.165, 1.54) is 0 Å². The van der Waals surface area contributed by atoms with Gasteiger partial charge in [-0.3, -0.25) is 9.80 Å². The Labute approximate surface area is 94.1 Å². The Kier molecular flexibility index (Phi) is 5.03. The van der Waals surface area contributed by atoms with Crippen molar-refractivity contribution in [3.8, 4) is 0 Å². The zero-order chi connectivity index (χ0) is 11.4. The van der Waals surface area contributed by atoms with E-state index in [1.807, 2.05) is 0 Å². The Hall–Kier alpha value is -0.120. The Morgan fingerprint density at radius 2 is 1.80 bits per heavy atom. The molecule has 15 heavy (non-hydrogen) atoms. The molecule has 0 amide bonds. The number of rotatable bonds is 4. The lowest BCUT2D eigenvalue weighted by Gasteiger charge is -2.45. The Balaban J connectivity index is 2.56. The highest BCUT2D eigenvalue weighted by molar-refractivity contribution is 4.85. The maximum Gasteiger partial charge on any atom is 0.0446 e. The van der Waals surface area contributed by atoms with Crippen molar-refractivity contribution in [1.82, 2.24) is 9.80 Å².